The maximum absolute atomic E-state index is 5.65. The van der Waals surface area contributed by atoms with Crippen LogP contribution in [0.25, 0.3) is 0 Å². The van der Waals surface area contributed by atoms with Gasteiger partial charge in [-0.1, -0.05) is 6.92 Å². The summed E-state index contributed by atoms with van der Waals surface area (Å²) in [6, 6.07) is 0.729. The lowest BCUT2D eigenvalue weighted by Gasteiger charge is -2.29. The Hall–Kier alpha value is -0.0800. The van der Waals surface area contributed by atoms with Crippen LogP contribution in [0, 0.1) is 5.92 Å². The molecule has 0 saturated carbocycles. The zero-order valence-corrected chi connectivity index (χ0v) is 8.59. The van der Waals surface area contributed by atoms with Crippen molar-refractivity contribution in [1.82, 2.24) is 5.32 Å². The molecule has 0 spiro atoms. The monoisotopic (exact) mass is 183 g/mol. The number of hydrogen-bond donors (Lipinski definition) is 1. The summed E-state index contributed by atoms with van der Waals surface area (Å²) in [6.07, 6.45) is 7.05. The first kappa shape index (κ1) is 9.47. The first-order valence-corrected chi connectivity index (χ1v) is 5.69. The van der Waals surface area contributed by atoms with Gasteiger partial charge in [-0.05, 0) is 44.6 Å². The molecule has 2 saturated heterocycles. The average Bonchev–Trinajstić information content (AvgIpc) is 2.57. The molecule has 0 aliphatic carbocycles. The summed E-state index contributed by atoms with van der Waals surface area (Å²) >= 11 is 0. The fourth-order valence-electron chi connectivity index (χ4n) is 2.55. The number of ether oxygens (including phenoxy) is 1. The van der Waals surface area contributed by atoms with E-state index in [0.717, 1.165) is 18.6 Å². The van der Waals surface area contributed by atoms with E-state index in [0.29, 0.717) is 6.10 Å². The highest BCUT2D eigenvalue weighted by Gasteiger charge is 2.24. The van der Waals surface area contributed by atoms with Crippen LogP contribution in [0.1, 0.15) is 39.0 Å². The quantitative estimate of drug-likeness (QED) is 0.706. The summed E-state index contributed by atoms with van der Waals surface area (Å²) in [6.45, 7) is 4.56. The molecular formula is C11H21NO. The van der Waals surface area contributed by atoms with Crippen LogP contribution >= 0.6 is 0 Å². The smallest absolute Gasteiger partial charge is 0.0590 e. The summed E-state index contributed by atoms with van der Waals surface area (Å²) in [4.78, 5) is 0. The molecular weight excluding hydrogens is 162 g/mol. The third-order valence-corrected chi connectivity index (χ3v) is 3.33. The van der Waals surface area contributed by atoms with Crippen LogP contribution in [0.4, 0.5) is 0 Å². The van der Waals surface area contributed by atoms with Gasteiger partial charge in [0, 0.05) is 12.6 Å². The van der Waals surface area contributed by atoms with Crippen LogP contribution < -0.4 is 5.32 Å². The molecule has 2 heteroatoms. The second-order valence-corrected chi connectivity index (χ2v) is 4.65. The molecule has 2 heterocycles. The van der Waals surface area contributed by atoms with Gasteiger partial charge in [-0.25, -0.2) is 0 Å². The van der Waals surface area contributed by atoms with E-state index in [1.54, 1.807) is 0 Å². The van der Waals surface area contributed by atoms with Gasteiger partial charge in [0.15, 0.2) is 0 Å². The maximum atomic E-state index is 5.65. The van der Waals surface area contributed by atoms with Gasteiger partial charge in [0.2, 0.25) is 0 Å². The van der Waals surface area contributed by atoms with E-state index in [9.17, 15) is 0 Å². The molecule has 76 valence electrons. The van der Waals surface area contributed by atoms with E-state index in [1.807, 2.05) is 0 Å². The molecule has 0 radical (unpaired) electrons. The Kier molecular flexibility index (Phi) is 3.23. The van der Waals surface area contributed by atoms with Crippen LogP contribution in [-0.4, -0.2) is 25.3 Å². The van der Waals surface area contributed by atoms with Crippen molar-refractivity contribution < 1.29 is 4.74 Å². The normalized spacial score (nSPS) is 40.8. The topological polar surface area (TPSA) is 21.3 Å². The minimum Gasteiger partial charge on any atom is -0.378 e. The maximum Gasteiger partial charge on any atom is 0.0590 e. The highest BCUT2D eigenvalue weighted by atomic mass is 16.5. The lowest BCUT2D eigenvalue weighted by atomic mass is 9.91. The van der Waals surface area contributed by atoms with Crippen LogP contribution in [0.15, 0.2) is 0 Å². The van der Waals surface area contributed by atoms with Gasteiger partial charge in [0.25, 0.3) is 0 Å². The third-order valence-electron chi connectivity index (χ3n) is 3.33. The third kappa shape index (κ3) is 2.68. The van der Waals surface area contributed by atoms with Gasteiger partial charge in [0.1, 0.15) is 0 Å². The average molecular weight is 183 g/mol. The molecule has 0 aromatic carbocycles. The molecule has 13 heavy (non-hydrogen) atoms. The van der Waals surface area contributed by atoms with Gasteiger partial charge in [-0.2, -0.15) is 0 Å². The zero-order chi connectivity index (χ0) is 9.10. The van der Waals surface area contributed by atoms with E-state index >= 15 is 0 Å². The Morgan fingerprint density at radius 3 is 3.00 bits per heavy atom. The van der Waals surface area contributed by atoms with Crippen molar-refractivity contribution in [2.24, 2.45) is 5.92 Å². The minimum absolute atomic E-state index is 0.558. The molecule has 2 aliphatic heterocycles. The van der Waals surface area contributed by atoms with Crippen LogP contribution in [0.5, 0.6) is 0 Å². The molecule has 0 aromatic heterocycles. The summed E-state index contributed by atoms with van der Waals surface area (Å²) in [7, 11) is 0. The molecule has 0 amide bonds. The van der Waals surface area contributed by atoms with Crippen molar-refractivity contribution in [3.63, 3.8) is 0 Å². The van der Waals surface area contributed by atoms with Gasteiger partial charge >= 0.3 is 0 Å². The first-order valence-electron chi connectivity index (χ1n) is 5.69. The summed E-state index contributed by atoms with van der Waals surface area (Å²) in [5.74, 6) is 0.910. The van der Waals surface area contributed by atoms with E-state index in [2.05, 4.69) is 12.2 Å². The van der Waals surface area contributed by atoms with Crippen LogP contribution in [0.2, 0.25) is 0 Å². The first-order chi connectivity index (χ1) is 6.34. The second-order valence-electron chi connectivity index (χ2n) is 4.65. The Morgan fingerprint density at radius 2 is 2.31 bits per heavy atom. The molecule has 3 atom stereocenters. The summed E-state index contributed by atoms with van der Waals surface area (Å²) < 4.78 is 5.65. The SMILES string of the molecule is CC1CCNC(CC2CCCO2)C1. The van der Waals surface area contributed by atoms with Crippen LogP contribution in [-0.2, 0) is 4.74 Å². The molecule has 2 rings (SSSR count). The molecule has 1 N–H and O–H groups in total. The molecule has 2 fully saturated rings. The van der Waals surface area contributed by atoms with Crippen molar-refractivity contribution in [3.8, 4) is 0 Å². The standard InChI is InChI=1S/C11H21NO/c1-9-4-5-12-10(7-9)8-11-3-2-6-13-11/h9-12H,2-8H2,1H3. The largest absolute Gasteiger partial charge is 0.378 e. The van der Waals surface area contributed by atoms with Crippen LogP contribution in [0.3, 0.4) is 0 Å². The molecule has 3 unspecified atom stereocenters. The van der Waals surface area contributed by atoms with Crippen molar-refractivity contribution in [2.45, 2.75) is 51.2 Å². The van der Waals surface area contributed by atoms with Gasteiger partial charge in [-0.3, -0.25) is 0 Å². The summed E-state index contributed by atoms with van der Waals surface area (Å²) in [5.41, 5.74) is 0. The van der Waals surface area contributed by atoms with E-state index in [1.165, 1.54) is 38.6 Å². The molecule has 2 aliphatic rings. The van der Waals surface area contributed by atoms with E-state index < -0.39 is 0 Å². The van der Waals surface area contributed by atoms with Crippen molar-refractivity contribution in [3.05, 3.63) is 0 Å². The van der Waals surface area contributed by atoms with E-state index in [4.69, 9.17) is 4.74 Å². The Bertz CT molecular complexity index is 154. The zero-order valence-electron chi connectivity index (χ0n) is 8.59. The number of piperidine rings is 1. The minimum atomic E-state index is 0.558. The van der Waals surface area contributed by atoms with Gasteiger partial charge in [-0.15, -0.1) is 0 Å². The highest BCUT2D eigenvalue weighted by Crippen LogP contribution is 2.23. The fraction of sp³-hybridized carbons (Fsp3) is 1.00. The van der Waals surface area contributed by atoms with Gasteiger partial charge < -0.3 is 10.1 Å². The predicted octanol–water partition coefficient (Wildman–Crippen LogP) is 1.94. The lowest BCUT2D eigenvalue weighted by Crippen LogP contribution is -2.39. The van der Waals surface area contributed by atoms with Crippen molar-refractivity contribution in [2.75, 3.05) is 13.2 Å². The Labute approximate surface area is 81.0 Å². The number of hydrogen-bond acceptors (Lipinski definition) is 2. The van der Waals surface area contributed by atoms with Gasteiger partial charge in [0.05, 0.1) is 6.10 Å². The van der Waals surface area contributed by atoms with Crippen molar-refractivity contribution >= 4 is 0 Å². The second kappa shape index (κ2) is 4.43. The Morgan fingerprint density at radius 1 is 1.38 bits per heavy atom. The molecule has 2 nitrogen and oxygen atoms in total. The molecule has 0 bridgehead atoms. The Balaban J connectivity index is 1.73. The highest BCUT2D eigenvalue weighted by molar-refractivity contribution is 4.80. The number of rotatable bonds is 2. The fourth-order valence-corrected chi connectivity index (χ4v) is 2.55. The number of nitrogens with one attached hydrogen (secondary N) is 1. The predicted molar refractivity (Wildman–Crippen MR) is 53.8 cm³/mol. The summed E-state index contributed by atoms with van der Waals surface area (Å²) in [5, 5.41) is 3.60. The van der Waals surface area contributed by atoms with E-state index in [-0.39, 0.29) is 0 Å². The molecule has 0 aromatic rings. The van der Waals surface area contributed by atoms with Crippen molar-refractivity contribution in [1.29, 1.82) is 0 Å². The lowest BCUT2D eigenvalue weighted by molar-refractivity contribution is 0.0883.